The summed E-state index contributed by atoms with van der Waals surface area (Å²) in [5.41, 5.74) is 0. The quantitative estimate of drug-likeness (QED) is 0.329. The summed E-state index contributed by atoms with van der Waals surface area (Å²) in [6.07, 6.45) is 11.7. The Kier molecular flexibility index (Phi) is 18.8. The molecule has 1 atom stereocenters. The Hall–Kier alpha value is 0.430. The van der Waals surface area contributed by atoms with Gasteiger partial charge in [0.05, 0.1) is 6.61 Å². The first kappa shape index (κ1) is 21.7. The van der Waals surface area contributed by atoms with Crippen molar-refractivity contribution >= 4 is 5.97 Å². The van der Waals surface area contributed by atoms with Crippen LogP contribution in [0.4, 0.5) is 0 Å². The van der Waals surface area contributed by atoms with Crippen molar-refractivity contribution in [2.45, 2.75) is 84.2 Å². The van der Waals surface area contributed by atoms with Crippen LogP contribution in [0.25, 0.3) is 0 Å². The van der Waals surface area contributed by atoms with Crippen LogP contribution < -0.4 is 29.6 Å². The first-order valence-electron chi connectivity index (χ1n) is 7.53. The van der Waals surface area contributed by atoms with Crippen molar-refractivity contribution in [1.29, 1.82) is 0 Å². The van der Waals surface area contributed by atoms with Gasteiger partial charge in [-0.3, -0.25) is 0 Å². The van der Waals surface area contributed by atoms with Crippen molar-refractivity contribution in [1.82, 2.24) is 0 Å². The molecule has 0 saturated heterocycles. The Morgan fingerprint density at radius 2 is 1.42 bits per heavy atom. The van der Waals surface area contributed by atoms with Crippen molar-refractivity contribution in [2.24, 2.45) is 0 Å². The topological polar surface area (TPSA) is 46.5 Å². The first-order chi connectivity index (χ1) is 8.68. The van der Waals surface area contributed by atoms with Crippen molar-refractivity contribution < 1.29 is 45.6 Å². The van der Waals surface area contributed by atoms with Crippen LogP contribution in [-0.4, -0.2) is 23.8 Å². The molecular weight excluding hydrogens is 251 g/mol. The minimum absolute atomic E-state index is 0. The standard InChI is InChI=1S/C15H30O3.Na.H/c1-3-4-5-6-7-8-9-10-11-12-13-18-15(17)14(2)16;;/h14,16H,3-13H2,1-2H3;;/q;+1;-1. The van der Waals surface area contributed by atoms with Crippen LogP contribution in [0, 0.1) is 0 Å². The fraction of sp³-hybridized carbons (Fsp3) is 0.933. The van der Waals surface area contributed by atoms with Crippen LogP contribution in [0.3, 0.4) is 0 Å². The van der Waals surface area contributed by atoms with E-state index in [0.29, 0.717) is 6.61 Å². The predicted molar refractivity (Wildman–Crippen MR) is 75.6 cm³/mol. The maximum absolute atomic E-state index is 10.9. The Bertz CT molecular complexity index is 202. The molecule has 0 aromatic rings. The fourth-order valence-corrected chi connectivity index (χ4v) is 1.88. The molecule has 0 aromatic heterocycles. The monoisotopic (exact) mass is 282 g/mol. The molecule has 19 heavy (non-hydrogen) atoms. The second-order valence-electron chi connectivity index (χ2n) is 5.03. The molecule has 0 aromatic carbocycles. The number of hydrogen-bond acceptors (Lipinski definition) is 3. The summed E-state index contributed by atoms with van der Waals surface area (Å²) in [4.78, 5) is 10.9. The molecule has 0 radical (unpaired) electrons. The molecular formula is C15H31NaO3. The van der Waals surface area contributed by atoms with Crippen LogP contribution in [0.2, 0.25) is 0 Å². The molecule has 0 aliphatic heterocycles. The van der Waals surface area contributed by atoms with E-state index in [4.69, 9.17) is 9.84 Å². The van der Waals surface area contributed by atoms with Gasteiger partial charge in [0.25, 0.3) is 0 Å². The second kappa shape index (κ2) is 16.5. The van der Waals surface area contributed by atoms with Crippen molar-refractivity contribution in [2.75, 3.05) is 6.61 Å². The fourth-order valence-electron chi connectivity index (χ4n) is 1.88. The molecule has 0 spiro atoms. The Labute approximate surface area is 142 Å². The van der Waals surface area contributed by atoms with Gasteiger partial charge in [-0.2, -0.15) is 0 Å². The van der Waals surface area contributed by atoms with Crippen molar-refractivity contribution in [3.05, 3.63) is 0 Å². The van der Waals surface area contributed by atoms with E-state index >= 15 is 0 Å². The Morgan fingerprint density at radius 3 is 1.84 bits per heavy atom. The average Bonchev–Trinajstić information content (AvgIpc) is 2.35. The van der Waals surface area contributed by atoms with E-state index in [1.807, 2.05) is 0 Å². The number of carbonyl (C=O) groups is 1. The molecule has 3 nitrogen and oxygen atoms in total. The molecule has 110 valence electrons. The van der Waals surface area contributed by atoms with E-state index in [2.05, 4.69) is 6.92 Å². The largest absolute Gasteiger partial charge is 1.00 e. The van der Waals surface area contributed by atoms with E-state index < -0.39 is 12.1 Å². The molecule has 4 heteroatoms. The number of ether oxygens (including phenoxy) is 1. The molecule has 0 bridgehead atoms. The normalized spacial score (nSPS) is 11.7. The zero-order valence-corrected chi connectivity index (χ0v) is 15.1. The van der Waals surface area contributed by atoms with E-state index in [-0.39, 0.29) is 31.0 Å². The smallest absolute Gasteiger partial charge is 1.00 e. The van der Waals surface area contributed by atoms with Gasteiger partial charge in [-0.05, 0) is 13.3 Å². The first-order valence-corrected chi connectivity index (χ1v) is 7.53. The molecule has 0 fully saturated rings. The van der Waals surface area contributed by atoms with Crippen LogP contribution in [0.1, 0.15) is 79.5 Å². The molecule has 0 amide bonds. The van der Waals surface area contributed by atoms with Crippen LogP contribution in [0.5, 0.6) is 0 Å². The van der Waals surface area contributed by atoms with Crippen molar-refractivity contribution in [3.63, 3.8) is 0 Å². The molecule has 1 unspecified atom stereocenters. The minimum Gasteiger partial charge on any atom is -1.00 e. The van der Waals surface area contributed by atoms with Gasteiger partial charge < -0.3 is 11.3 Å². The van der Waals surface area contributed by atoms with E-state index in [1.165, 1.54) is 58.3 Å². The molecule has 0 aliphatic rings. The van der Waals surface area contributed by atoms with Crippen LogP contribution >= 0.6 is 0 Å². The second-order valence-corrected chi connectivity index (χ2v) is 5.03. The zero-order chi connectivity index (χ0) is 13.6. The number of unbranched alkanes of at least 4 members (excludes halogenated alkanes) is 9. The van der Waals surface area contributed by atoms with Crippen LogP contribution in [0.15, 0.2) is 0 Å². The van der Waals surface area contributed by atoms with Crippen LogP contribution in [-0.2, 0) is 9.53 Å². The molecule has 1 N–H and O–H groups in total. The van der Waals surface area contributed by atoms with E-state index in [0.717, 1.165) is 12.8 Å². The molecule has 0 aliphatic carbocycles. The van der Waals surface area contributed by atoms with E-state index in [1.54, 1.807) is 0 Å². The third-order valence-electron chi connectivity index (χ3n) is 3.08. The van der Waals surface area contributed by atoms with Gasteiger partial charge in [0.15, 0.2) is 0 Å². The zero-order valence-electron chi connectivity index (χ0n) is 14.1. The SMILES string of the molecule is CCCCCCCCCCCCOC(=O)C(C)O.[H-].[Na+]. The van der Waals surface area contributed by atoms with Gasteiger partial charge in [0, 0.05) is 0 Å². The number of esters is 1. The van der Waals surface area contributed by atoms with Gasteiger partial charge in [-0.1, -0.05) is 64.7 Å². The Morgan fingerprint density at radius 1 is 1.00 bits per heavy atom. The molecule has 0 heterocycles. The minimum atomic E-state index is -0.992. The summed E-state index contributed by atoms with van der Waals surface area (Å²) in [6, 6.07) is 0. The molecule has 0 rings (SSSR count). The predicted octanol–water partition coefficient (Wildman–Crippen LogP) is 0.948. The summed E-state index contributed by atoms with van der Waals surface area (Å²) in [5, 5.41) is 8.91. The maximum Gasteiger partial charge on any atom is 1.00 e. The van der Waals surface area contributed by atoms with E-state index in [9.17, 15) is 4.79 Å². The number of carbonyl (C=O) groups excluding carboxylic acids is 1. The molecule has 0 saturated carbocycles. The third-order valence-corrected chi connectivity index (χ3v) is 3.08. The third kappa shape index (κ3) is 16.4. The average molecular weight is 282 g/mol. The number of aliphatic hydroxyl groups is 1. The van der Waals surface area contributed by atoms with Gasteiger partial charge in [-0.25, -0.2) is 4.79 Å². The number of aliphatic hydroxyl groups excluding tert-OH is 1. The number of rotatable bonds is 12. The summed E-state index contributed by atoms with van der Waals surface area (Å²) in [6.45, 7) is 4.12. The van der Waals surface area contributed by atoms with Gasteiger partial charge in [-0.15, -0.1) is 0 Å². The van der Waals surface area contributed by atoms with Gasteiger partial charge >= 0.3 is 35.5 Å². The summed E-state index contributed by atoms with van der Waals surface area (Å²) in [5.74, 6) is -0.508. The number of hydrogen-bond donors (Lipinski definition) is 1. The summed E-state index contributed by atoms with van der Waals surface area (Å²) >= 11 is 0. The maximum atomic E-state index is 10.9. The van der Waals surface area contributed by atoms with Gasteiger partial charge in [0.2, 0.25) is 0 Å². The summed E-state index contributed by atoms with van der Waals surface area (Å²) < 4.78 is 4.89. The Balaban J connectivity index is -0.00000144. The summed E-state index contributed by atoms with van der Waals surface area (Å²) in [7, 11) is 0. The van der Waals surface area contributed by atoms with Gasteiger partial charge in [0.1, 0.15) is 6.10 Å². The van der Waals surface area contributed by atoms with Crippen molar-refractivity contribution in [3.8, 4) is 0 Å².